The summed E-state index contributed by atoms with van der Waals surface area (Å²) in [6, 6.07) is 10.2. The molecule has 0 aliphatic rings. The van der Waals surface area contributed by atoms with E-state index in [1.165, 1.54) is 0 Å². The Morgan fingerprint density at radius 1 is 1.38 bits per heavy atom. The van der Waals surface area contributed by atoms with E-state index in [1.54, 1.807) is 12.1 Å². The maximum atomic E-state index is 14.3. The summed E-state index contributed by atoms with van der Waals surface area (Å²) >= 11 is 9.13. The van der Waals surface area contributed by atoms with Gasteiger partial charge in [-0.1, -0.05) is 29.8 Å². The molecule has 112 valence electrons. The minimum absolute atomic E-state index is 0.0358. The summed E-state index contributed by atoms with van der Waals surface area (Å²) in [5.41, 5.74) is 3.79. The number of halogens is 3. The van der Waals surface area contributed by atoms with Crippen molar-refractivity contribution in [3.8, 4) is 5.75 Å². The predicted molar refractivity (Wildman–Crippen MR) is 85.9 cm³/mol. The molecule has 0 aliphatic carbocycles. The zero-order valence-corrected chi connectivity index (χ0v) is 13.7. The second-order valence-electron chi connectivity index (χ2n) is 4.37. The van der Waals surface area contributed by atoms with Crippen LogP contribution in [0.2, 0.25) is 5.02 Å². The Morgan fingerprint density at radius 2 is 2.14 bits per heavy atom. The van der Waals surface area contributed by atoms with Gasteiger partial charge in [0.15, 0.2) is 0 Å². The van der Waals surface area contributed by atoms with Crippen LogP contribution in [0.15, 0.2) is 40.9 Å². The van der Waals surface area contributed by atoms with Crippen molar-refractivity contribution in [1.29, 1.82) is 0 Å². The first-order chi connectivity index (χ1) is 10.1. The minimum Gasteiger partial charge on any atom is -0.494 e. The van der Waals surface area contributed by atoms with Gasteiger partial charge in [0.25, 0.3) is 0 Å². The summed E-state index contributed by atoms with van der Waals surface area (Å²) in [7, 11) is 0. The molecule has 2 rings (SSSR count). The summed E-state index contributed by atoms with van der Waals surface area (Å²) in [5.74, 6) is 5.81. The quantitative estimate of drug-likeness (QED) is 0.469. The number of nitrogens with one attached hydrogen (secondary N) is 1. The van der Waals surface area contributed by atoms with Crippen molar-refractivity contribution >= 4 is 27.5 Å². The van der Waals surface area contributed by atoms with Gasteiger partial charge in [-0.05, 0) is 46.6 Å². The van der Waals surface area contributed by atoms with Crippen molar-refractivity contribution < 1.29 is 9.13 Å². The Kier molecular flexibility index (Phi) is 5.58. The summed E-state index contributed by atoms with van der Waals surface area (Å²) in [6.45, 7) is 2.46. The third-order valence-electron chi connectivity index (χ3n) is 3.05. The van der Waals surface area contributed by atoms with Crippen LogP contribution in [0.5, 0.6) is 5.75 Å². The largest absolute Gasteiger partial charge is 0.494 e. The molecule has 2 aromatic carbocycles. The number of ether oxygens (including phenoxy) is 1. The molecular formula is C15H15BrClFN2O. The van der Waals surface area contributed by atoms with E-state index in [-0.39, 0.29) is 5.02 Å². The molecule has 3 nitrogen and oxygen atoms in total. The van der Waals surface area contributed by atoms with Crippen LogP contribution in [0, 0.1) is 5.82 Å². The molecule has 21 heavy (non-hydrogen) atoms. The van der Waals surface area contributed by atoms with Crippen molar-refractivity contribution in [2.45, 2.75) is 13.0 Å². The van der Waals surface area contributed by atoms with Crippen molar-refractivity contribution in [3.63, 3.8) is 0 Å². The van der Waals surface area contributed by atoms with E-state index in [1.807, 2.05) is 31.2 Å². The lowest BCUT2D eigenvalue weighted by molar-refractivity contribution is 0.339. The second-order valence-corrected chi connectivity index (χ2v) is 5.60. The smallest absolute Gasteiger partial charge is 0.148 e. The molecule has 3 N–H and O–H groups in total. The lowest BCUT2D eigenvalue weighted by Gasteiger charge is -2.19. The van der Waals surface area contributed by atoms with E-state index < -0.39 is 11.9 Å². The van der Waals surface area contributed by atoms with Gasteiger partial charge >= 0.3 is 0 Å². The van der Waals surface area contributed by atoms with Crippen molar-refractivity contribution in [3.05, 3.63) is 62.8 Å². The molecule has 0 aromatic heterocycles. The molecule has 0 aliphatic heterocycles. The molecule has 0 saturated carbocycles. The molecule has 6 heteroatoms. The van der Waals surface area contributed by atoms with Crippen LogP contribution >= 0.6 is 27.5 Å². The Morgan fingerprint density at radius 3 is 2.81 bits per heavy atom. The standard InChI is InChI=1S/C15H15BrClFN2O/c1-2-21-10-5-3-4-9(8-10)15(20-19)11-6-7-12(16)13(17)14(11)18/h3-8,15,20H,2,19H2,1H3. The van der Waals surface area contributed by atoms with Gasteiger partial charge in [0.2, 0.25) is 0 Å². The van der Waals surface area contributed by atoms with Gasteiger partial charge in [-0.15, -0.1) is 0 Å². The molecule has 2 aromatic rings. The first-order valence-electron chi connectivity index (χ1n) is 6.40. The van der Waals surface area contributed by atoms with E-state index in [9.17, 15) is 4.39 Å². The molecule has 0 radical (unpaired) electrons. The van der Waals surface area contributed by atoms with Crippen LogP contribution in [0.1, 0.15) is 24.1 Å². The summed E-state index contributed by atoms with van der Waals surface area (Å²) in [5, 5.41) is 0.0358. The van der Waals surface area contributed by atoms with Crippen LogP contribution < -0.4 is 16.0 Å². The van der Waals surface area contributed by atoms with E-state index >= 15 is 0 Å². The van der Waals surface area contributed by atoms with Gasteiger partial charge in [0, 0.05) is 10.0 Å². The van der Waals surface area contributed by atoms with Crippen LogP contribution in [-0.2, 0) is 0 Å². The summed E-state index contributed by atoms with van der Waals surface area (Å²) < 4.78 is 20.3. The highest BCUT2D eigenvalue weighted by Gasteiger charge is 2.20. The molecule has 0 bridgehead atoms. The summed E-state index contributed by atoms with van der Waals surface area (Å²) in [4.78, 5) is 0. The highest BCUT2D eigenvalue weighted by Crippen LogP contribution is 2.33. The monoisotopic (exact) mass is 372 g/mol. The molecule has 0 fully saturated rings. The number of rotatable bonds is 5. The minimum atomic E-state index is -0.518. The average Bonchev–Trinajstić information content (AvgIpc) is 2.49. The fraction of sp³-hybridized carbons (Fsp3) is 0.200. The highest BCUT2D eigenvalue weighted by molar-refractivity contribution is 9.10. The third kappa shape index (κ3) is 3.55. The fourth-order valence-corrected chi connectivity index (χ4v) is 2.56. The lowest BCUT2D eigenvalue weighted by atomic mass is 9.98. The Hall–Kier alpha value is -1.14. The first kappa shape index (κ1) is 16.2. The van der Waals surface area contributed by atoms with E-state index in [4.69, 9.17) is 22.2 Å². The fourth-order valence-electron chi connectivity index (χ4n) is 2.08. The maximum absolute atomic E-state index is 14.3. The SMILES string of the molecule is CCOc1cccc(C(NN)c2ccc(Br)c(Cl)c2F)c1. The molecule has 0 saturated heterocycles. The molecule has 1 atom stereocenters. The average molecular weight is 374 g/mol. The lowest BCUT2D eigenvalue weighted by Crippen LogP contribution is -2.29. The number of hydrazine groups is 1. The Labute approximate surface area is 136 Å². The maximum Gasteiger partial charge on any atom is 0.148 e. The molecule has 1 unspecified atom stereocenters. The van der Waals surface area contributed by atoms with Gasteiger partial charge in [-0.2, -0.15) is 0 Å². The van der Waals surface area contributed by atoms with Crippen molar-refractivity contribution in [2.24, 2.45) is 5.84 Å². The predicted octanol–water partition coefficient (Wildman–Crippen LogP) is 4.19. The van der Waals surface area contributed by atoms with Gasteiger partial charge in [-0.25, -0.2) is 9.82 Å². The third-order valence-corrected chi connectivity index (χ3v) is 4.30. The van der Waals surface area contributed by atoms with E-state index in [2.05, 4.69) is 21.4 Å². The zero-order valence-electron chi connectivity index (χ0n) is 11.4. The number of hydrogen-bond donors (Lipinski definition) is 2. The number of benzene rings is 2. The number of hydrogen-bond acceptors (Lipinski definition) is 3. The van der Waals surface area contributed by atoms with Gasteiger partial charge in [0.05, 0.1) is 17.7 Å². The van der Waals surface area contributed by atoms with Gasteiger partial charge in [0.1, 0.15) is 11.6 Å². The first-order valence-corrected chi connectivity index (χ1v) is 7.57. The summed E-state index contributed by atoms with van der Waals surface area (Å²) in [6.07, 6.45) is 0. The Balaban J connectivity index is 2.44. The van der Waals surface area contributed by atoms with Crippen LogP contribution in [-0.4, -0.2) is 6.61 Å². The van der Waals surface area contributed by atoms with E-state index in [0.29, 0.717) is 22.4 Å². The van der Waals surface area contributed by atoms with Crippen LogP contribution in [0.3, 0.4) is 0 Å². The Bertz CT molecular complexity index is 639. The van der Waals surface area contributed by atoms with Gasteiger partial charge < -0.3 is 4.74 Å². The van der Waals surface area contributed by atoms with Crippen LogP contribution in [0.4, 0.5) is 4.39 Å². The molecule has 0 amide bonds. The zero-order chi connectivity index (χ0) is 15.4. The van der Waals surface area contributed by atoms with Gasteiger partial charge in [-0.3, -0.25) is 5.84 Å². The number of nitrogens with two attached hydrogens (primary N) is 1. The second kappa shape index (κ2) is 7.22. The molecule has 0 spiro atoms. The van der Waals surface area contributed by atoms with E-state index in [0.717, 1.165) is 5.56 Å². The van der Waals surface area contributed by atoms with Crippen molar-refractivity contribution in [1.82, 2.24) is 5.43 Å². The van der Waals surface area contributed by atoms with Crippen LogP contribution in [0.25, 0.3) is 0 Å². The highest BCUT2D eigenvalue weighted by atomic mass is 79.9. The molecule has 0 heterocycles. The normalized spacial score (nSPS) is 12.2. The molecular weight excluding hydrogens is 359 g/mol. The topological polar surface area (TPSA) is 47.3 Å². The van der Waals surface area contributed by atoms with Crippen molar-refractivity contribution in [2.75, 3.05) is 6.61 Å².